The zero-order valence-electron chi connectivity index (χ0n) is 10.5. The lowest BCUT2D eigenvalue weighted by atomic mass is 10.2. The number of halogens is 1. The molecule has 1 rings (SSSR count). The van der Waals surface area contributed by atoms with Crippen molar-refractivity contribution in [2.24, 2.45) is 5.73 Å². The monoisotopic (exact) mass is 277 g/mol. The molecule has 1 aliphatic rings. The van der Waals surface area contributed by atoms with Crippen LogP contribution in [0.25, 0.3) is 0 Å². The smallest absolute Gasteiger partial charge is 0.231 e. The summed E-state index contributed by atoms with van der Waals surface area (Å²) in [5, 5.41) is 2.77. The van der Waals surface area contributed by atoms with Gasteiger partial charge in [-0.2, -0.15) is 11.8 Å². The number of hydrogen-bond acceptors (Lipinski definition) is 4. The van der Waals surface area contributed by atoms with Gasteiger partial charge in [-0.3, -0.25) is 14.5 Å². The Labute approximate surface area is 111 Å². The van der Waals surface area contributed by atoms with Crippen LogP contribution in [0.1, 0.15) is 12.8 Å². The molecule has 0 unspecified atom stereocenters. The lowest BCUT2D eigenvalue weighted by molar-refractivity contribution is -0.120. The van der Waals surface area contributed by atoms with Gasteiger partial charge in [-0.1, -0.05) is 0 Å². The van der Waals surface area contributed by atoms with Crippen LogP contribution in [0, 0.1) is 0 Å². The fourth-order valence-electron chi connectivity index (χ4n) is 2.04. The van der Waals surface area contributed by atoms with Crippen molar-refractivity contribution >= 4 is 23.6 Å². The Bertz CT molecular complexity index is 304. The van der Waals surface area contributed by atoms with Crippen molar-refractivity contribution in [2.75, 3.05) is 31.6 Å². The van der Waals surface area contributed by atoms with Gasteiger partial charge in [-0.05, 0) is 12.7 Å². The van der Waals surface area contributed by atoms with Crippen LogP contribution in [0.4, 0.5) is 4.39 Å². The van der Waals surface area contributed by atoms with E-state index in [0.29, 0.717) is 19.4 Å². The van der Waals surface area contributed by atoms with Crippen LogP contribution >= 0.6 is 11.8 Å². The zero-order chi connectivity index (χ0) is 13.5. The van der Waals surface area contributed by atoms with Crippen LogP contribution in [-0.4, -0.2) is 60.6 Å². The molecule has 2 atom stereocenters. The molecule has 104 valence electrons. The first-order valence-electron chi connectivity index (χ1n) is 5.95. The first kappa shape index (κ1) is 15.2. The maximum absolute atomic E-state index is 13.3. The molecule has 2 amide bonds. The van der Waals surface area contributed by atoms with Crippen LogP contribution in [-0.2, 0) is 9.59 Å². The number of nitrogens with two attached hydrogens (primary N) is 1. The summed E-state index contributed by atoms with van der Waals surface area (Å²) in [4.78, 5) is 24.0. The second-order valence-electron chi connectivity index (χ2n) is 4.43. The van der Waals surface area contributed by atoms with E-state index < -0.39 is 12.1 Å². The van der Waals surface area contributed by atoms with Gasteiger partial charge >= 0.3 is 0 Å². The van der Waals surface area contributed by atoms with E-state index in [1.54, 1.807) is 16.7 Å². The van der Waals surface area contributed by atoms with E-state index in [4.69, 9.17) is 5.73 Å². The molecule has 0 saturated carbocycles. The quantitative estimate of drug-likeness (QED) is 0.673. The molecule has 0 aliphatic carbocycles. The summed E-state index contributed by atoms with van der Waals surface area (Å²) in [5.41, 5.74) is 5.11. The standard InChI is InChI=1S/C11H20FN3O2S/c1-18-3-2-11(17)14-5-9-4-8(12)6-15(9)7-10(13)16/h8-9H,2-7H2,1H3,(H2,13,16)(H,14,17)/t8-,9-/m0/s1. The van der Waals surface area contributed by atoms with Gasteiger partial charge < -0.3 is 11.1 Å². The van der Waals surface area contributed by atoms with Crippen molar-refractivity contribution in [2.45, 2.75) is 25.1 Å². The number of likely N-dealkylation sites (tertiary alicyclic amines) is 1. The summed E-state index contributed by atoms with van der Waals surface area (Å²) in [7, 11) is 0. The molecule has 0 aromatic heterocycles. The number of carbonyl (C=O) groups is 2. The molecule has 0 aromatic carbocycles. The van der Waals surface area contributed by atoms with Gasteiger partial charge in [0, 0.05) is 31.3 Å². The van der Waals surface area contributed by atoms with Gasteiger partial charge in [0.2, 0.25) is 11.8 Å². The van der Waals surface area contributed by atoms with Gasteiger partial charge in [0.25, 0.3) is 0 Å². The second kappa shape index (κ2) is 7.58. The number of rotatable bonds is 7. The molecule has 5 nitrogen and oxygen atoms in total. The molecular formula is C11H20FN3O2S. The van der Waals surface area contributed by atoms with E-state index in [0.717, 1.165) is 5.75 Å². The van der Waals surface area contributed by atoms with Crippen LogP contribution in [0.15, 0.2) is 0 Å². The average molecular weight is 277 g/mol. The Morgan fingerprint density at radius 3 is 2.89 bits per heavy atom. The summed E-state index contributed by atoms with van der Waals surface area (Å²) < 4.78 is 13.3. The molecule has 3 N–H and O–H groups in total. The van der Waals surface area contributed by atoms with Crippen molar-refractivity contribution in [3.63, 3.8) is 0 Å². The highest BCUT2D eigenvalue weighted by Crippen LogP contribution is 2.19. The molecule has 1 heterocycles. The number of nitrogens with one attached hydrogen (secondary N) is 1. The molecule has 0 spiro atoms. The lowest BCUT2D eigenvalue weighted by Gasteiger charge is -2.22. The van der Waals surface area contributed by atoms with E-state index in [-0.39, 0.29) is 25.0 Å². The molecule has 1 aliphatic heterocycles. The predicted octanol–water partition coefficient (Wildman–Crippen LogP) is -0.247. The normalized spacial score (nSPS) is 24.1. The predicted molar refractivity (Wildman–Crippen MR) is 70.1 cm³/mol. The summed E-state index contributed by atoms with van der Waals surface area (Å²) in [6.45, 7) is 0.640. The SMILES string of the molecule is CSCCC(=O)NC[C@@H]1C[C@H](F)CN1CC(N)=O. The van der Waals surface area contributed by atoms with Crippen LogP contribution < -0.4 is 11.1 Å². The number of nitrogens with zero attached hydrogens (tertiary/aromatic N) is 1. The first-order chi connectivity index (χ1) is 8.52. The third kappa shape index (κ3) is 5.22. The van der Waals surface area contributed by atoms with Crippen LogP contribution in [0.3, 0.4) is 0 Å². The first-order valence-corrected chi connectivity index (χ1v) is 7.34. The maximum Gasteiger partial charge on any atom is 0.231 e. The van der Waals surface area contributed by atoms with Gasteiger partial charge in [-0.15, -0.1) is 0 Å². The Balaban J connectivity index is 2.34. The number of hydrogen-bond donors (Lipinski definition) is 2. The molecule has 0 radical (unpaired) electrons. The minimum Gasteiger partial charge on any atom is -0.369 e. The number of amides is 2. The molecule has 0 aromatic rings. The van der Waals surface area contributed by atoms with E-state index in [1.807, 2.05) is 6.26 Å². The minimum atomic E-state index is -0.947. The van der Waals surface area contributed by atoms with Gasteiger partial charge in [-0.25, -0.2) is 4.39 Å². The summed E-state index contributed by atoms with van der Waals surface area (Å²) in [6, 6.07) is -0.134. The van der Waals surface area contributed by atoms with Crippen LogP contribution in [0.5, 0.6) is 0 Å². The van der Waals surface area contributed by atoms with Gasteiger partial charge in [0.1, 0.15) is 6.17 Å². The van der Waals surface area contributed by atoms with Crippen molar-refractivity contribution < 1.29 is 14.0 Å². The molecule has 1 fully saturated rings. The van der Waals surface area contributed by atoms with Gasteiger partial charge in [0.15, 0.2) is 0 Å². The fourth-order valence-corrected chi connectivity index (χ4v) is 2.43. The minimum absolute atomic E-state index is 0.0364. The number of primary amides is 1. The van der Waals surface area contributed by atoms with E-state index in [2.05, 4.69) is 5.32 Å². The molecular weight excluding hydrogens is 257 g/mol. The largest absolute Gasteiger partial charge is 0.369 e. The van der Waals surface area contributed by atoms with Crippen molar-refractivity contribution in [1.82, 2.24) is 10.2 Å². The second-order valence-corrected chi connectivity index (χ2v) is 5.42. The van der Waals surface area contributed by atoms with E-state index >= 15 is 0 Å². The van der Waals surface area contributed by atoms with E-state index in [9.17, 15) is 14.0 Å². The highest BCUT2D eigenvalue weighted by molar-refractivity contribution is 7.98. The van der Waals surface area contributed by atoms with Crippen molar-refractivity contribution in [3.05, 3.63) is 0 Å². The molecule has 18 heavy (non-hydrogen) atoms. The van der Waals surface area contributed by atoms with Crippen LogP contribution in [0.2, 0.25) is 0 Å². The van der Waals surface area contributed by atoms with Gasteiger partial charge in [0.05, 0.1) is 6.54 Å². The average Bonchev–Trinajstić information content (AvgIpc) is 2.63. The number of alkyl halides is 1. The highest BCUT2D eigenvalue weighted by Gasteiger charge is 2.32. The Kier molecular flexibility index (Phi) is 6.42. The number of carbonyl (C=O) groups excluding carboxylic acids is 2. The number of thioether (sulfide) groups is 1. The Morgan fingerprint density at radius 1 is 1.56 bits per heavy atom. The lowest BCUT2D eigenvalue weighted by Crippen LogP contribution is -2.43. The maximum atomic E-state index is 13.3. The summed E-state index contributed by atoms with van der Waals surface area (Å²) >= 11 is 1.60. The third-order valence-corrected chi connectivity index (χ3v) is 3.52. The zero-order valence-corrected chi connectivity index (χ0v) is 11.3. The molecule has 7 heteroatoms. The summed E-state index contributed by atoms with van der Waals surface area (Å²) in [5.74, 6) is 0.265. The van der Waals surface area contributed by atoms with E-state index in [1.165, 1.54) is 0 Å². The Hall–Kier alpha value is -0.820. The molecule has 1 saturated heterocycles. The summed E-state index contributed by atoms with van der Waals surface area (Å²) in [6.07, 6.45) is 1.79. The molecule has 0 bridgehead atoms. The van der Waals surface area contributed by atoms with Crippen molar-refractivity contribution in [3.8, 4) is 0 Å². The highest BCUT2D eigenvalue weighted by atomic mass is 32.2. The topological polar surface area (TPSA) is 75.4 Å². The fraction of sp³-hybridized carbons (Fsp3) is 0.818. The third-order valence-electron chi connectivity index (χ3n) is 2.90. The Morgan fingerprint density at radius 2 is 2.28 bits per heavy atom. The van der Waals surface area contributed by atoms with Crippen molar-refractivity contribution in [1.29, 1.82) is 0 Å².